The zero-order chi connectivity index (χ0) is 28.7. The van der Waals surface area contributed by atoms with Gasteiger partial charge in [0.2, 0.25) is 5.91 Å². The number of cyclic esters (lactones) is 1. The van der Waals surface area contributed by atoms with E-state index in [0.717, 1.165) is 5.56 Å². The van der Waals surface area contributed by atoms with Gasteiger partial charge < -0.3 is 23.7 Å². The molecule has 9 nitrogen and oxygen atoms in total. The molecule has 2 amide bonds. The van der Waals surface area contributed by atoms with E-state index in [4.69, 9.17) is 23.7 Å². The zero-order valence-corrected chi connectivity index (χ0v) is 24.7. The van der Waals surface area contributed by atoms with Crippen LogP contribution in [0.15, 0.2) is 45.3 Å². The third-order valence-corrected chi connectivity index (χ3v) is 7.34. The number of halogens is 1. The molecule has 3 rings (SSSR count). The normalized spacial score (nSPS) is 18.2. The first kappa shape index (κ1) is 30.8. The van der Waals surface area contributed by atoms with Gasteiger partial charge >= 0.3 is 12.1 Å². The highest BCUT2D eigenvalue weighted by atomic mass is 79.9. The van der Waals surface area contributed by atoms with Crippen molar-refractivity contribution >= 4 is 33.9 Å². The van der Waals surface area contributed by atoms with E-state index in [1.165, 1.54) is 11.8 Å². The van der Waals surface area contributed by atoms with Gasteiger partial charge in [-0.1, -0.05) is 44.2 Å². The second kappa shape index (κ2) is 13.6. The topological polar surface area (TPSA) is 116 Å². The Kier molecular flexibility index (Phi) is 10.7. The molecule has 2 heterocycles. The number of rotatable bonds is 13. The van der Waals surface area contributed by atoms with Crippen molar-refractivity contribution in [2.45, 2.75) is 71.6 Å². The summed E-state index contributed by atoms with van der Waals surface area (Å²) >= 11 is 3.52. The second-order valence-electron chi connectivity index (χ2n) is 10.6. The maximum atomic E-state index is 14.3. The predicted octanol–water partition coefficient (Wildman–Crippen LogP) is 5.23. The number of hydrogen-bond acceptors (Lipinski definition) is 8. The van der Waals surface area contributed by atoms with Gasteiger partial charge in [-0.3, -0.25) is 9.59 Å². The highest BCUT2D eigenvalue weighted by Gasteiger charge is 2.54. The quantitative estimate of drug-likeness (QED) is 0.243. The van der Waals surface area contributed by atoms with Crippen LogP contribution in [0.5, 0.6) is 0 Å². The summed E-state index contributed by atoms with van der Waals surface area (Å²) in [7, 11) is 0. The number of hydrogen-bond donors (Lipinski definition) is 1. The van der Waals surface area contributed by atoms with Gasteiger partial charge in [-0.05, 0) is 60.2 Å². The van der Waals surface area contributed by atoms with Gasteiger partial charge in [0.15, 0.2) is 6.10 Å². The van der Waals surface area contributed by atoms with Crippen LogP contribution < -0.4 is 0 Å². The Morgan fingerprint density at radius 2 is 1.87 bits per heavy atom. The number of aryl methyl sites for hydroxylation is 1. The van der Waals surface area contributed by atoms with Crippen molar-refractivity contribution in [2.75, 3.05) is 19.8 Å². The van der Waals surface area contributed by atoms with Gasteiger partial charge in [-0.25, -0.2) is 9.69 Å². The van der Waals surface area contributed by atoms with Crippen molar-refractivity contribution in [1.29, 1.82) is 0 Å². The maximum absolute atomic E-state index is 14.3. The van der Waals surface area contributed by atoms with Gasteiger partial charge in [0, 0.05) is 20.0 Å². The number of carbonyl (C=O) groups excluding carboxylic acids is 3. The molecular formula is C29H38BrNO8. The zero-order valence-electron chi connectivity index (χ0n) is 23.1. The van der Waals surface area contributed by atoms with Crippen molar-refractivity contribution < 1.29 is 38.1 Å². The van der Waals surface area contributed by atoms with Crippen LogP contribution in [0.2, 0.25) is 0 Å². The fraction of sp³-hybridized carbons (Fsp3) is 0.552. The minimum atomic E-state index is -1.09. The number of furan rings is 1. The lowest BCUT2D eigenvalue weighted by molar-refractivity contribution is -0.156. The van der Waals surface area contributed by atoms with Gasteiger partial charge in [-0.15, -0.1) is 0 Å². The van der Waals surface area contributed by atoms with Crippen LogP contribution in [0.3, 0.4) is 0 Å². The molecule has 0 spiro atoms. The molecule has 0 radical (unpaired) electrons. The van der Waals surface area contributed by atoms with Crippen LogP contribution in [0.4, 0.5) is 4.79 Å². The highest BCUT2D eigenvalue weighted by molar-refractivity contribution is 9.10. The summed E-state index contributed by atoms with van der Waals surface area (Å²) < 4.78 is 23.5. The van der Waals surface area contributed by atoms with E-state index in [2.05, 4.69) is 15.9 Å². The third kappa shape index (κ3) is 7.70. The van der Waals surface area contributed by atoms with E-state index in [1.54, 1.807) is 19.9 Å². The molecule has 1 aromatic carbocycles. The fourth-order valence-corrected chi connectivity index (χ4v) is 5.72. The lowest BCUT2D eigenvalue weighted by atomic mass is 9.86. The largest absolute Gasteiger partial charge is 0.461 e. The Bertz CT molecular complexity index is 1130. The number of amides is 2. The molecule has 1 saturated heterocycles. The molecule has 39 heavy (non-hydrogen) atoms. The first-order valence-electron chi connectivity index (χ1n) is 13.2. The predicted molar refractivity (Wildman–Crippen MR) is 147 cm³/mol. The summed E-state index contributed by atoms with van der Waals surface area (Å²) in [6.07, 6.45) is -0.434. The van der Waals surface area contributed by atoms with Crippen molar-refractivity contribution in [3.05, 3.63) is 58.0 Å². The highest BCUT2D eigenvalue weighted by Crippen LogP contribution is 2.40. The number of benzene rings is 1. The molecule has 1 N–H and O–H groups in total. The molecule has 1 aliphatic rings. The number of aliphatic hydroxyl groups is 1. The molecule has 0 bridgehead atoms. The SMILES string of the molecule is CC(=O)OC(c1cc(Br)c(CCCOCCO)o1)C(Cc1ccccc1)C(=O)N1C(=O)OC(C)(C)C1C(C)C. The average Bonchev–Trinajstić information content (AvgIpc) is 3.35. The Balaban J connectivity index is 2.00. The maximum Gasteiger partial charge on any atom is 0.417 e. The summed E-state index contributed by atoms with van der Waals surface area (Å²) in [6.45, 7) is 9.38. The van der Waals surface area contributed by atoms with Crippen molar-refractivity contribution in [2.24, 2.45) is 11.8 Å². The summed E-state index contributed by atoms with van der Waals surface area (Å²) in [6, 6.07) is 10.6. The average molecular weight is 609 g/mol. The van der Waals surface area contributed by atoms with E-state index in [9.17, 15) is 14.4 Å². The first-order chi connectivity index (χ1) is 18.5. The lowest BCUT2D eigenvalue weighted by Gasteiger charge is -2.34. The van der Waals surface area contributed by atoms with Crippen molar-refractivity contribution in [3.8, 4) is 0 Å². The first-order valence-corrected chi connectivity index (χ1v) is 14.0. The Labute approximate surface area is 237 Å². The number of nitrogens with zero attached hydrogens (tertiary/aromatic N) is 1. The number of aliphatic hydroxyl groups excluding tert-OH is 1. The molecule has 214 valence electrons. The number of imide groups is 1. The van der Waals surface area contributed by atoms with Crippen LogP contribution in [0, 0.1) is 11.8 Å². The van der Waals surface area contributed by atoms with E-state index < -0.39 is 41.6 Å². The van der Waals surface area contributed by atoms with E-state index in [-0.39, 0.29) is 25.6 Å². The molecule has 0 aliphatic carbocycles. The van der Waals surface area contributed by atoms with E-state index in [1.807, 2.05) is 44.2 Å². The van der Waals surface area contributed by atoms with Crippen LogP contribution >= 0.6 is 15.9 Å². The van der Waals surface area contributed by atoms with E-state index >= 15 is 0 Å². The van der Waals surface area contributed by atoms with Crippen molar-refractivity contribution in [3.63, 3.8) is 0 Å². The number of esters is 1. The molecule has 3 unspecified atom stereocenters. The summed E-state index contributed by atoms with van der Waals surface area (Å²) in [4.78, 5) is 40.8. The lowest BCUT2D eigenvalue weighted by Crippen LogP contribution is -2.51. The summed E-state index contributed by atoms with van der Waals surface area (Å²) in [5, 5.41) is 8.88. The Hall–Kier alpha value is -2.69. The third-order valence-electron chi connectivity index (χ3n) is 6.67. The molecule has 3 atom stereocenters. The molecule has 1 fully saturated rings. The van der Waals surface area contributed by atoms with Crippen LogP contribution in [0.25, 0.3) is 0 Å². The Morgan fingerprint density at radius 1 is 1.18 bits per heavy atom. The van der Waals surface area contributed by atoms with Gasteiger partial charge in [0.1, 0.15) is 17.1 Å². The van der Waals surface area contributed by atoms with E-state index in [0.29, 0.717) is 35.4 Å². The van der Waals surface area contributed by atoms with Crippen LogP contribution in [-0.2, 0) is 36.6 Å². The van der Waals surface area contributed by atoms with Crippen molar-refractivity contribution in [1.82, 2.24) is 4.90 Å². The monoisotopic (exact) mass is 607 g/mol. The molecule has 10 heteroatoms. The minimum absolute atomic E-state index is 0.0467. The van der Waals surface area contributed by atoms with Crippen LogP contribution in [-0.4, -0.2) is 59.4 Å². The number of carbonyl (C=O) groups is 3. The summed E-state index contributed by atoms with van der Waals surface area (Å²) in [5.74, 6) is -1.20. The number of ether oxygens (including phenoxy) is 3. The Morgan fingerprint density at radius 3 is 2.49 bits per heavy atom. The minimum Gasteiger partial charge on any atom is -0.461 e. The van der Waals surface area contributed by atoms with Gasteiger partial charge in [0.25, 0.3) is 0 Å². The molecule has 1 aliphatic heterocycles. The second-order valence-corrected chi connectivity index (χ2v) is 11.4. The molecule has 0 saturated carbocycles. The smallest absolute Gasteiger partial charge is 0.417 e. The van der Waals surface area contributed by atoms with Gasteiger partial charge in [0.05, 0.1) is 29.6 Å². The fourth-order valence-electron chi connectivity index (χ4n) is 5.21. The molecule has 2 aromatic rings. The standard InChI is InChI=1S/C29H38BrNO8/c1-18(2)26-29(4,5)39-28(35)31(26)27(34)21(16-20-10-7-6-8-11-20)25(37-19(3)33)24-17-22(30)23(38-24)12-9-14-36-15-13-32/h6-8,10-11,17-18,21,25-26,32H,9,12-16H2,1-5H3. The van der Waals surface area contributed by atoms with Crippen LogP contribution in [0.1, 0.15) is 64.2 Å². The molecule has 1 aromatic heterocycles. The van der Waals surface area contributed by atoms with Gasteiger partial charge in [-0.2, -0.15) is 0 Å². The molecular weight excluding hydrogens is 570 g/mol. The summed E-state index contributed by atoms with van der Waals surface area (Å²) in [5.41, 5.74) is -0.0403.